The van der Waals surface area contributed by atoms with Crippen LogP contribution in [0.4, 0.5) is 0 Å². The second kappa shape index (κ2) is 2.47. The number of aromatic nitrogens is 2. The highest BCUT2D eigenvalue weighted by molar-refractivity contribution is 5.97. The molecule has 3 rings (SSSR count). The average Bonchev–Trinajstić information content (AvgIpc) is 2.93. The van der Waals surface area contributed by atoms with Gasteiger partial charge in [-0.05, 0) is 25.0 Å². The lowest BCUT2D eigenvalue weighted by atomic mass is 10.1. The number of fused-ring (bicyclic) bond motifs is 1. The van der Waals surface area contributed by atoms with Gasteiger partial charge in [0.2, 0.25) is 0 Å². The zero-order valence-corrected chi connectivity index (χ0v) is 8.41. The summed E-state index contributed by atoms with van der Waals surface area (Å²) in [5, 5.41) is 1.34. The standard InChI is InChI=1S/C12H12N2/c1-8-12-10(5-6-13-8)11(7-14(12)2)9-3-4-9/h3,5-7H,4H2,1-2H3. The third-order valence-electron chi connectivity index (χ3n) is 2.83. The first-order valence-corrected chi connectivity index (χ1v) is 4.87. The Balaban J connectivity index is 2.43. The van der Waals surface area contributed by atoms with Crippen LogP contribution in [0.25, 0.3) is 16.5 Å². The zero-order chi connectivity index (χ0) is 9.71. The van der Waals surface area contributed by atoms with Gasteiger partial charge in [-0.2, -0.15) is 0 Å². The van der Waals surface area contributed by atoms with Crippen molar-refractivity contribution in [2.75, 3.05) is 0 Å². The summed E-state index contributed by atoms with van der Waals surface area (Å²) < 4.78 is 2.17. The van der Waals surface area contributed by atoms with E-state index in [0.29, 0.717) is 0 Å². The van der Waals surface area contributed by atoms with Gasteiger partial charge >= 0.3 is 0 Å². The Labute approximate surface area is 82.9 Å². The smallest absolute Gasteiger partial charge is 0.0700 e. The van der Waals surface area contributed by atoms with Crippen molar-refractivity contribution in [3.63, 3.8) is 0 Å². The first kappa shape index (κ1) is 7.80. The van der Waals surface area contributed by atoms with E-state index in [1.165, 1.54) is 22.0 Å². The lowest BCUT2D eigenvalue weighted by Gasteiger charge is -1.98. The highest BCUT2D eigenvalue weighted by Gasteiger charge is 2.16. The van der Waals surface area contributed by atoms with Crippen LogP contribution < -0.4 is 0 Å². The number of hydrogen-bond donors (Lipinski definition) is 0. The van der Waals surface area contributed by atoms with E-state index in [0.717, 1.165) is 12.1 Å². The number of nitrogens with zero attached hydrogens (tertiary/aromatic N) is 2. The third-order valence-corrected chi connectivity index (χ3v) is 2.83. The maximum Gasteiger partial charge on any atom is 0.0700 e. The molecule has 0 aliphatic heterocycles. The van der Waals surface area contributed by atoms with E-state index in [4.69, 9.17) is 0 Å². The lowest BCUT2D eigenvalue weighted by molar-refractivity contribution is 0.955. The molecule has 0 unspecified atom stereocenters. The van der Waals surface area contributed by atoms with Crippen LogP contribution in [0, 0.1) is 6.92 Å². The van der Waals surface area contributed by atoms with Crippen LogP contribution in [0.5, 0.6) is 0 Å². The molecule has 2 heteroatoms. The molecule has 0 N–H and O–H groups in total. The summed E-state index contributed by atoms with van der Waals surface area (Å²) in [6.45, 7) is 2.06. The van der Waals surface area contributed by atoms with Crippen LogP contribution in [0.3, 0.4) is 0 Å². The number of rotatable bonds is 1. The van der Waals surface area contributed by atoms with Crippen molar-refractivity contribution in [2.45, 2.75) is 13.3 Å². The van der Waals surface area contributed by atoms with E-state index in [1.807, 2.05) is 6.20 Å². The van der Waals surface area contributed by atoms with E-state index < -0.39 is 0 Å². The molecule has 0 amide bonds. The second-order valence-corrected chi connectivity index (χ2v) is 3.88. The van der Waals surface area contributed by atoms with Crippen LogP contribution in [0.1, 0.15) is 17.7 Å². The Morgan fingerprint density at radius 1 is 1.43 bits per heavy atom. The molecule has 2 heterocycles. The molecule has 2 nitrogen and oxygen atoms in total. The van der Waals surface area contributed by atoms with E-state index in [1.54, 1.807) is 0 Å². The van der Waals surface area contributed by atoms with Crippen molar-refractivity contribution < 1.29 is 0 Å². The topological polar surface area (TPSA) is 17.8 Å². The van der Waals surface area contributed by atoms with E-state index >= 15 is 0 Å². The maximum atomic E-state index is 4.32. The molecule has 0 fully saturated rings. The quantitative estimate of drug-likeness (QED) is 0.666. The second-order valence-electron chi connectivity index (χ2n) is 3.88. The lowest BCUT2D eigenvalue weighted by Crippen LogP contribution is -1.88. The molecular weight excluding hydrogens is 172 g/mol. The van der Waals surface area contributed by atoms with Crippen molar-refractivity contribution in [1.29, 1.82) is 0 Å². The SMILES string of the molecule is Cc1nccc2c(C3=CC3)cn(C)c12. The number of aryl methyl sites for hydroxylation is 2. The molecular formula is C12H12N2. The Bertz CT molecular complexity index is 547. The van der Waals surface area contributed by atoms with Gasteiger partial charge in [-0.3, -0.25) is 4.98 Å². The predicted molar refractivity (Wildman–Crippen MR) is 58.0 cm³/mol. The Hall–Kier alpha value is -1.57. The van der Waals surface area contributed by atoms with E-state index in [9.17, 15) is 0 Å². The molecule has 1 aliphatic carbocycles. The summed E-state index contributed by atoms with van der Waals surface area (Å²) in [5.74, 6) is 0. The molecule has 0 atom stereocenters. The van der Waals surface area contributed by atoms with Gasteiger partial charge in [0, 0.05) is 30.4 Å². The van der Waals surface area contributed by atoms with Crippen molar-refractivity contribution >= 4 is 16.5 Å². The molecule has 0 saturated heterocycles. The van der Waals surface area contributed by atoms with Gasteiger partial charge in [-0.1, -0.05) is 6.08 Å². The van der Waals surface area contributed by atoms with Gasteiger partial charge in [0.05, 0.1) is 11.2 Å². The average molecular weight is 184 g/mol. The first-order chi connectivity index (χ1) is 6.77. The molecule has 0 aromatic carbocycles. The number of allylic oxidation sites excluding steroid dienone is 2. The molecule has 70 valence electrons. The summed E-state index contributed by atoms with van der Waals surface area (Å²) in [4.78, 5) is 4.32. The van der Waals surface area contributed by atoms with Gasteiger partial charge in [0.25, 0.3) is 0 Å². The van der Waals surface area contributed by atoms with Crippen molar-refractivity contribution in [1.82, 2.24) is 9.55 Å². The van der Waals surface area contributed by atoms with Crippen LogP contribution in [-0.4, -0.2) is 9.55 Å². The maximum absolute atomic E-state index is 4.32. The van der Waals surface area contributed by atoms with Gasteiger partial charge < -0.3 is 4.57 Å². The Kier molecular flexibility index (Phi) is 1.38. The van der Waals surface area contributed by atoms with E-state index in [-0.39, 0.29) is 0 Å². The first-order valence-electron chi connectivity index (χ1n) is 4.87. The largest absolute Gasteiger partial charge is 0.348 e. The Morgan fingerprint density at radius 2 is 2.21 bits per heavy atom. The predicted octanol–water partition coefficient (Wildman–Crippen LogP) is 2.67. The molecule has 2 aromatic rings. The van der Waals surface area contributed by atoms with Gasteiger partial charge in [0.15, 0.2) is 0 Å². The van der Waals surface area contributed by atoms with Crippen LogP contribution >= 0.6 is 0 Å². The molecule has 0 radical (unpaired) electrons. The molecule has 2 aromatic heterocycles. The van der Waals surface area contributed by atoms with Gasteiger partial charge in [0.1, 0.15) is 0 Å². The van der Waals surface area contributed by atoms with Gasteiger partial charge in [-0.25, -0.2) is 0 Å². The zero-order valence-electron chi connectivity index (χ0n) is 8.41. The van der Waals surface area contributed by atoms with Crippen molar-refractivity contribution in [3.05, 3.63) is 35.8 Å². The summed E-state index contributed by atoms with van der Waals surface area (Å²) >= 11 is 0. The number of hydrogen-bond acceptors (Lipinski definition) is 1. The van der Waals surface area contributed by atoms with Crippen molar-refractivity contribution in [3.8, 4) is 0 Å². The monoisotopic (exact) mass is 184 g/mol. The van der Waals surface area contributed by atoms with Crippen LogP contribution in [-0.2, 0) is 7.05 Å². The highest BCUT2D eigenvalue weighted by Crippen LogP contribution is 2.36. The molecule has 0 bridgehead atoms. The number of pyridine rings is 1. The summed E-state index contributed by atoms with van der Waals surface area (Å²) in [6.07, 6.45) is 7.52. The van der Waals surface area contributed by atoms with Crippen LogP contribution in [0.15, 0.2) is 24.5 Å². The highest BCUT2D eigenvalue weighted by atomic mass is 14.9. The normalized spacial score (nSPS) is 14.6. The summed E-state index contributed by atoms with van der Waals surface area (Å²) in [7, 11) is 2.09. The minimum absolute atomic E-state index is 1.11. The fraction of sp³-hybridized carbons (Fsp3) is 0.250. The van der Waals surface area contributed by atoms with E-state index in [2.05, 4.69) is 41.9 Å². The molecule has 1 aliphatic rings. The molecule has 0 spiro atoms. The fourth-order valence-electron chi connectivity index (χ4n) is 2.08. The molecule has 0 saturated carbocycles. The van der Waals surface area contributed by atoms with Crippen molar-refractivity contribution in [2.24, 2.45) is 7.05 Å². The minimum Gasteiger partial charge on any atom is -0.348 e. The minimum atomic E-state index is 1.11. The summed E-state index contributed by atoms with van der Waals surface area (Å²) in [5.41, 5.74) is 5.22. The Morgan fingerprint density at radius 3 is 2.93 bits per heavy atom. The van der Waals surface area contributed by atoms with Gasteiger partial charge in [-0.15, -0.1) is 0 Å². The molecule has 14 heavy (non-hydrogen) atoms. The third kappa shape index (κ3) is 0.939. The van der Waals surface area contributed by atoms with Crippen LogP contribution in [0.2, 0.25) is 0 Å². The fourth-order valence-corrected chi connectivity index (χ4v) is 2.08. The summed E-state index contributed by atoms with van der Waals surface area (Å²) in [6, 6.07) is 2.11.